The second kappa shape index (κ2) is 13.0. The number of benzene rings is 3. The molecule has 2 heterocycles. The normalized spacial score (nSPS) is 12.4. The Balaban J connectivity index is 1.36. The number of hydrogen-bond acceptors (Lipinski definition) is 8. The number of nitrogens with zero attached hydrogens (tertiary/aromatic N) is 4. The van der Waals surface area contributed by atoms with Crippen LogP contribution < -0.4 is 24.4 Å². The molecule has 1 aliphatic heterocycles. The smallest absolute Gasteiger partial charge is 0.251 e. The minimum Gasteiger partial charge on any atom is -0.493 e. The minimum absolute atomic E-state index is 0.0168. The molecule has 0 saturated heterocycles. The van der Waals surface area contributed by atoms with E-state index in [2.05, 4.69) is 21.6 Å². The molecule has 0 atom stereocenters. The molecule has 0 aliphatic carbocycles. The summed E-state index contributed by atoms with van der Waals surface area (Å²) in [5.74, 6) is 1.56. The van der Waals surface area contributed by atoms with Crippen molar-refractivity contribution in [2.24, 2.45) is 0 Å². The third-order valence-electron chi connectivity index (χ3n) is 7.03. The van der Waals surface area contributed by atoms with E-state index in [-0.39, 0.29) is 24.1 Å². The van der Waals surface area contributed by atoms with Crippen molar-refractivity contribution in [1.29, 1.82) is 0 Å². The van der Waals surface area contributed by atoms with Gasteiger partial charge in [-0.05, 0) is 61.2 Å². The van der Waals surface area contributed by atoms with Crippen LogP contribution in [-0.2, 0) is 17.8 Å². The van der Waals surface area contributed by atoms with E-state index >= 15 is 0 Å². The summed E-state index contributed by atoms with van der Waals surface area (Å²) in [6.45, 7) is 2.80. The molecule has 1 aromatic heterocycles. The molecule has 42 heavy (non-hydrogen) atoms. The van der Waals surface area contributed by atoms with Gasteiger partial charge in [-0.3, -0.25) is 14.2 Å². The molecule has 218 valence electrons. The first-order chi connectivity index (χ1) is 20.4. The first kappa shape index (κ1) is 29.0. The number of nitrogens with one attached hydrogen (secondary N) is 1. The van der Waals surface area contributed by atoms with Crippen LogP contribution in [0.15, 0.2) is 65.8 Å². The van der Waals surface area contributed by atoms with Crippen molar-refractivity contribution >= 4 is 29.3 Å². The van der Waals surface area contributed by atoms with Crippen molar-refractivity contribution in [2.45, 2.75) is 31.5 Å². The van der Waals surface area contributed by atoms with Gasteiger partial charge in [0.2, 0.25) is 11.7 Å². The highest BCUT2D eigenvalue weighted by atomic mass is 32.2. The van der Waals surface area contributed by atoms with Crippen LogP contribution >= 0.6 is 11.8 Å². The highest BCUT2D eigenvalue weighted by Crippen LogP contribution is 2.38. The Labute approximate surface area is 249 Å². The zero-order valence-corrected chi connectivity index (χ0v) is 24.9. The number of ether oxygens (including phenoxy) is 3. The van der Waals surface area contributed by atoms with Crippen LogP contribution in [0.1, 0.15) is 33.7 Å². The fourth-order valence-electron chi connectivity index (χ4n) is 5.01. The summed E-state index contributed by atoms with van der Waals surface area (Å²) in [6.07, 6.45) is 1.91. The molecule has 5 rings (SSSR count). The lowest BCUT2D eigenvalue weighted by Gasteiger charge is -2.29. The minimum atomic E-state index is -0.346. The van der Waals surface area contributed by atoms with Crippen LogP contribution in [-0.4, -0.2) is 60.2 Å². The second-order valence-electron chi connectivity index (χ2n) is 9.74. The van der Waals surface area contributed by atoms with Gasteiger partial charge in [0.05, 0.1) is 33.6 Å². The highest BCUT2D eigenvalue weighted by molar-refractivity contribution is 7.99. The number of aryl methyl sites for hydroxylation is 2. The summed E-state index contributed by atoms with van der Waals surface area (Å²) >= 11 is 1.33. The molecule has 0 saturated carbocycles. The number of carbonyl (C=O) groups is 2. The summed E-state index contributed by atoms with van der Waals surface area (Å²) in [5.41, 5.74) is 4.41. The number of anilines is 1. The number of fused-ring (bicyclic) bond motifs is 1. The van der Waals surface area contributed by atoms with Crippen molar-refractivity contribution in [2.75, 3.05) is 38.5 Å². The summed E-state index contributed by atoms with van der Waals surface area (Å²) < 4.78 is 18.0. The molecule has 0 fully saturated rings. The summed E-state index contributed by atoms with van der Waals surface area (Å²) in [4.78, 5) is 28.4. The standard InChI is InChI=1S/C31H33N5O5S/c1-20-9-7-12-23(15-20)36-27(18-32-30(38)22-16-25(39-2)29(41-4)26(17-22)40-3)33-34-31(36)42-19-28(37)35-14-8-11-21-10-5-6-13-24(21)35/h5-7,9-10,12-13,15-17H,8,11,14,18-19H2,1-4H3,(H,32,38). The van der Waals surface area contributed by atoms with Gasteiger partial charge < -0.3 is 24.4 Å². The van der Waals surface area contributed by atoms with Crippen LogP contribution in [0, 0.1) is 6.92 Å². The first-order valence-corrected chi connectivity index (χ1v) is 14.5. The molecular weight excluding hydrogens is 554 g/mol. The average molecular weight is 588 g/mol. The van der Waals surface area contributed by atoms with E-state index in [1.807, 2.05) is 58.9 Å². The Morgan fingerprint density at radius 1 is 0.952 bits per heavy atom. The van der Waals surface area contributed by atoms with E-state index in [1.54, 1.807) is 12.1 Å². The van der Waals surface area contributed by atoms with Gasteiger partial charge in [0.25, 0.3) is 5.91 Å². The molecular formula is C31H33N5O5S. The topological polar surface area (TPSA) is 108 Å². The van der Waals surface area contributed by atoms with Gasteiger partial charge >= 0.3 is 0 Å². The molecule has 1 aliphatic rings. The van der Waals surface area contributed by atoms with Gasteiger partial charge in [-0.1, -0.05) is 42.1 Å². The van der Waals surface area contributed by atoms with E-state index in [9.17, 15) is 9.59 Å². The molecule has 3 aromatic carbocycles. The number of aromatic nitrogens is 3. The molecule has 11 heteroatoms. The van der Waals surface area contributed by atoms with Gasteiger partial charge in [0.15, 0.2) is 22.5 Å². The van der Waals surface area contributed by atoms with Gasteiger partial charge in [0, 0.05) is 23.5 Å². The van der Waals surface area contributed by atoms with Crippen molar-refractivity contribution in [3.8, 4) is 22.9 Å². The first-order valence-electron chi connectivity index (χ1n) is 13.5. The van der Waals surface area contributed by atoms with E-state index in [0.717, 1.165) is 29.8 Å². The molecule has 4 aromatic rings. The Bertz CT molecular complexity index is 1580. The fourth-order valence-corrected chi connectivity index (χ4v) is 5.85. The fraction of sp³-hybridized carbons (Fsp3) is 0.290. The van der Waals surface area contributed by atoms with Crippen molar-refractivity contribution in [1.82, 2.24) is 20.1 Å². The van der Waals surface area contributed by atoms with E-state index in [4.69, 9.17) is 14.2 Å². The van der Waals surface area contributed by atoms with Gasteiger partial charge in [-0.2, -0.15) is 0 Å². The lowest BCUT2D eigenvalue weighted by Crippen LogP contribution is -2.36. The summed E-state index contributed by atoms with van der Waals surface area (Å²) in [7, 11) is 4.50. The van der Waals surface area contributed by atoms with Crippen molar-refractivity contribution in [3.05, 3.63) is 83.2 Å². The molecule has 0 spiro atoms. The van der Waals surface area contributed by atoms with Crippen LogP contribution in [0.25, 0.3) is 5.69 Å². The zero-order chi connectivity index (χ0) is 29.6. The number of methoxy groups -OCH3 is 3. The zero-order valence-electron chi connectivity index (χ0n) is 24.0. The molecule has 0 bridgehead atoms. The SMILES string of the molecule is COc1cc(C(=O)NCc2nnc(SCC(=O)N3CCCc4ccccc43)n2-c2cccc(C)c2)cc(OC)c1OC. The van der Waals surface area contributed by atoms with E-state index < -0.39 is 0 Å². The van der Waals surface area contributed by atoms with Crippen molar-refractivity contribution in [3.63, 3.8) is 0 Å². The molecule has 2 amide bonds. The lowest BCUT2D eigenvalue weighted by atomic mass is 10.0. The van der Waals surface area contributed by atoms with E-state index in [1.165, 1.54) is 38.7 Å². The van der Waals surface area contributed by atoms with E-state index in [0.29, 0.717) is 40.3 Å². The quantitative estimate of drug-likeness (QED) is 0.268. The van der Waals surface area contributed by atoms with Crippen molar-refractivity contribution < 1.29 is 23.8 Å². The predicted molar refractivity (Wildman–Crippen MR) is 161 cm³/mol. The maximum Gasteiger partial charge on any atom is 0.251 e. The maximum atomic E-state index is 13.3. The number of hydrogen-bond donors (Lipinski definition) is 1. The Morgan fingerprint density at radius 3 is 2.43 bits per heavy atom. The third-order valence-corrected chi connectivity index (χ3v) is 7.94. The third kappa shape index (κ3) is 6.06. The van der Waals surface area contributed by atoms with Crippen LogP contribution in [0.5, 0.6) is 17.2 Å². The lowest BCUT2D eigenvalue weighted by molar-refractivity contribution is -0.116. The Kier molecular flexibility index (Phi) is 8.97. The number of amides is 2. The van der Waals surface area contributed by atoms with Gasteiger partial charge in [-0.25, -0.2) is 0 Å². The number of para-hydroxylation sites is 1. The second-order valence-corrected chi connectivity index (χ2v) is 10.7. The monoisotopic (exact) mass is 587 g/mol. The summed E-state index contributed by atoms with van der Waals surface area (Å²) in [5, 5.41) is 12.3. The summed E-state index contributed by atoms with van der Waals surface area (Å²) in [6, 6.07) is 19.2. The van der Waals surface area contributed by atoms with Gasteiger partial charge in [-0.15, -0.1) is 10.2 Å². The number of thioether (sulfide) groups is 1. The molecule has 1 N–H and O–H groups in total. The maximum absolute atomic E-state index is 13.3. The average Bonchev–Trinajstić information content (AvgIpc) is 3.44. The molecule has 10 nitrogen and oxygen atoms in total. The van der Waals surface area contributed by atoms with Crippen LogP contribution in [0.2, 0.25) is 0 Å². The molecule has 0 unspecified atom stereocenters. The van der Waals surface area contributed by atoms with Gasteiger partial charge in [0.1, 0.15) is 0 Å². The van der Waals surface area contributed by atoms with Crippen LogP contribution in [0.4, 0.5) is 5.69 Å². The van der Waals surface area contributed by atoms with Crippen LogP contribution in [0.3, 0.4) is 0 Å². The Hall–Kier alpha value is -4.51. The number of carbonyl (C=O) groups excluding carboxylic acids is 2. The highest BCUT2D eigenvalue weighted by Gasteiger charge is 2.24. The predicted octanol–water partition coefficient (Wildman–Crippen LogP) is 4.60. The number of rotatable bonds is 10. The largest absolute Gasteiger partial charge is 0.493 e. The Morgan fingerprint density at radius 2 is 1.71 bits per heavy atom. The molecule has 0 radical (unpaired) electrons.